The summed E-state index contributed by atoms with van der Waals surface area (Å²) in [6.07, 6.45) is 1.09. The number of halogens is 1. The minimum atomic E-state index is -0.206. The summed E-state index contributed by atoms with van der Waals surface area (Å²) in [7, 11) is 0. The van der Waals surface area contributed by atoms with E-state index in [1.165, 1.54) is 0 Å². The van der Waals surface area contributed by atoms with Crippen molar-refractivity contribution in [1.82, 2.24) is 0 Å². The van der Waals surface area contributed by atoms with E-state index < -0.39 is 0 Å². The molecule has 0 saturated carbocycles. The molecule has 0 spiro atoms. The van der Waals surface area contributed by atoms with Gasteiger partial charge in [0.15, 0.2) is 0 Å². The molecule has 1 radical (unpaired) electrons. The van der Waals surface area contributed by atoms with E-state index in [4.69, 9.17) is 16.9 Å². The van der Waals surface area contributed by atoms with Crippen molar-refractivity contribution in [2.75, 3.05) is 0 Å². The number of nitrogens with zero attached hydrogens (tertiary/aromatic N) is 1. The van der Waals surface area contributed by atoms with Crippen LogP contribution in [0, 0.1) is 30.1 Å². The number of nitriles is 1. The predicted molar refractivity (Wildman–Crippen MR) is 37.6 cm³/mol. The third-order valence-electron chi connectivity index (χ3n) is 0.768. The van der Waals surface area contributed by atoms with E-state index in [2.05, 4.69) is 18.8 Å². The van der Waals surface area contributed by atoms with Gasteiger partial charge in [0.1, 0.15) is 0 Å². The van der Waals surface area contributed by atoms with Gasteiger partial charge in [0, 0.05) is 13.3 Å². The van der Waals surface area contributed by atoms with Gasteiger partial charge in [-0.05, 0) is 6.42 Å². The SMILES string of the molecule is [CH2]C#CC(Cl)CCC#N. The Hall–Kier alpha value is -0.660. The fourth-order valence-corrected chi connectivity index (χ4v) is 0.560. The third kappa shape index (κ3) is 5.21. The Morgan fingerprint density at radius 2 is 2.33 bits per heavy atom. The molecule has 0 heterocycles. The first-order chi connectivity index (χ1) is 4.31. The van der Waals surface area contributed by atoms with Crippen LogP contribution >= 0.6 is 11.6 Å². The molecule has 1 atom stereocenters. The third-order valence-corrected chi connectivity index (χ3v) is 1.10. The van der Waals surface area contributed by atoms with Crippen molar-refractivity contribution in [3.63, 3.8) is 0 Å². The molecule has 1 unspecified atom stereocenters. The van der Waals surface area contributed by atoms with Crippen LogP contribution in [0.4, 0.5) is 0 Å². The van der Waals surface area contributed by atoms with Crippen molar-refractivity contribution >= 4 is 11.6 Å². The van der Waals surface area contributed by atoms with Gasteiger partial charge in [-0.2, -0.15) is 5.26 Å². The molecule has 1 nitrogen and oxygen atoms in total. The van der Waals surface area contributed by atoms with E-state index >= 15 is 0 Å². The summed E-state index contributed by atoms with van der Waals surface area (Å²) in [4.78, 5) is 0. The maximum absolute atomic E-state index is 8.11. The van der Waals surface area contributed by atoms with Crippen LogP contribution in [-0.4, -0.2) is 5.38 Å². The molecule has 0 amide bonds. The Morgan fingerprint density at radius 1 is 1.67 bits per heavy atom. The monoisotopic (exact) mass is 140 g/mol. The summed E-state index contributed by atoms with van der Waals surface area (Å²) in [5.74, 6) is 5.07. The molecule has 0 aliphatic carbocycles. The highest BCUT2D eigenvalue weighted by molar-refractivity contribution is 6.22. The maximum atomic E-state index is 8.11. The highest BCUT2D eigenvalue weighted by Gasteiger charge is 1.96. The zero-order valence-corrected chi connectivity index (χ0v) is 5.78. The Morgan fingerprint density at radius 3 is 2.78 bits per heavy atom. The Kier molecular flexibility index (Phi) is 5.07. The second kappa shape index (κ2) is 5.48. The van der Waals surface area contributed by atoms with E-state index in [9.17, 15) is 0 Å². The Bertz CT molecular complexity index is 158. The average molecular weight is 141 g/mol. The maximum Gasteiger partial charge on any atom is 0.0952 e. The van der Waals surface area contributed by atoms with Gasteiger partial charge in [0.2, 0.25) is 0 Å². The zero-order valence-electron chi connectivity index (χ0n) is 5.02. The van der Waals surface area contributed by atoms with Gasteiger partial charge in [0.25, 0.3) is 0 Å². The fourth-order valence-electron chi connectivity index (χ4n) is 0.374. The Balaban J connectivity index is 3.37. The molecule has 0 aliphatic rings. The van der Waals surface area contributed by atoms with Gasteiger partial charge in [-0.25, -0.2) is 0 Å². The second-order valence-corrected chi connectivity index (χ2v) is 2.01. The van der Waals surface area contributed by atoms with Gasteiger partial charge in [-0.15, -0.1) is 17.5 Å². The Labute approximate surface area is 60.6 Å². The summed E-state index contributed by atoms with van der Waals surface area (Å²) in [5, 5.41) is 7.90. The lowest BCUT2D eigenvalue weighted by molar-refractivity contribution is 0.900. The smallest absolute Gasteiger partial charge is 0.0952 e. The lowest BCUT2D eigenvalue weighted by Crippen LogP contribution is -1.91. The summed E-state index contributed by atoms with van der Waals surface area (Å²) in [6, 6.07) is 1.98. The number of hydrogen-bond acceptors (Lipinski definition) is 1. The normalized spacial score (nSPS) is 10.8. The molecule has 0 aromatic rings. The lowest BCUT2D eigenvalue weighted by Gasteiger charge is -1.92. The van der Waals surface area contributed by atoms with E-state index in [0.717, 1.165) is 0 Å². The molecule has 0 saturated heterocycles. The van der Waals surface area contributed by atoms with Crippen molar-refractivity contribution in [3.8, 4) is 17.9 Å². The fraction of sp³-hybridized carbons (Fsp3) is 0.429. The minimum absolute atomic E-state index is 0.206. The van der Waals surface area contributed by atoms with Gasteiger partial charge in [-0.1, -0.05) is 5.92 Å². The van der Waals surface area contributed by atoms with Gasteiger partial charge in [-0.3, -0.25) is 0 Å². The van der Waals surface area contributed by atoms with Crippen LogP contribution in [0.15, 0.2) is 0 Å². The quantitative estimate of drug-likeness (QED) is 0.423. The van der Waals surface area contributed by atoms with Crippen LogP contribution in [0.3, 0.4) is 0 Å². The lowest BCUT2D eigenvalue weighted by atomic mass is 10.2. The van der Waals surface area contributed by atoms with Crippen molar-refractivity contribution < 1.29 is 0 Å². The van der Waals surface area contributed by atoms with Gasteiger partial charge >= 0.3 is 0 Å². The summed E-state index contributed by atoms with van der Waals surface area (Å²) in [6.45, 7) is 3.31. The van der Waals surface area contributed by atoms with Crippen molar-refractivity contribution in [3.05, 3.63) is 6.92 Å². The van der Waals surface area contributed by atoms with Crippen LogP contribution in [-0.2, 0) is 0 Å². The molecule has 0 aromatic heterocycles. The van der Waals surface area contributed by atoms with Gasteiger partial charge in [0.05, 0.1) is 11.4 Å². The molecular weight excluding hydrogens is 134 g/mol. The largest absolute Gasteiger partial charge is 0.198 e. The van der Waals surface area contributed by atoms with E-state index in [1.54, 1.807) is 0 Å². The van der Waals surface area contributed by atoms with Gasteiger partial charge < -0.3 is 0 Å². The number of hydrogen-bond donors (Lipinski definition) is 0. The molecule has 0 fully saturated rings. The van der Waals surface area contributed by atoms with Crippen LogP contribution in [0.2, 0.25) is 0 Å². The first-order valence-electron chi connectivity index (χ1n) is 2.60. The average Bonchev–Trinajstić information content (AvgIpc) is 1.85. The predicted octanol–water partition coefficient (Wildman–Crippen LogP) is 1.74. The van der Waals surface area contributed by atoms with Crippen LogP contribution in [0.1, 0.15) is 12.8 Å². The molecule has 0 aromatic carbocycles. The van der Waals surface area contributed by atoms with Crippen molar-refractivity contribution in [2.45, 2.75) is 18.2 Å². The highest BCUT2D eigenvalue weighted by Crippen LogP contribution is 2.01. The number of alkyl halides is 1. The summed E-state index contributed by atoms with van der Waals surface area (Å²) < 4.78 is 0. The molecular formula is C7H7ClN. The standard InChI is InChI=1S/C7H7ClN/c1-2-4-7(8)5-3-6-9/h7H,1,3,5H2. The van der Waals surface area contributed by atoms with E-state index in [1.807, 2.05) is 6.07 Å². The molecule has 0 bridgehead atoms. The molecule has 0 N–H and O–H groups in total. The van der Waals surface area contributed by atoms with Crippen molar-refractivity contribution in [1.29, 1.82) is 5.26 Å². The molecule has 0 rings (SSSR count). The summed E-state index contributed by atoms with van der Waals surface area (Å²) in [5.41, 5.74) is 0. The highest BCUT2D eigenvalue weighted by atomic mass is 35.5. The number of rotatable bonds is 2. The molecule has 0 aliphatic heterocycles. The van der Waals surface area contributed by atoms with Crippen LogP contribution in [0.5, 0.6) is 0 Å². The van der Waals surface area contributed by atoms with E-state index in [-0.39, 0.29) is 5.38 Å². The minimum Gasteiger partial charge on any atom is -0.198 e. The zero-order chi connectivity index (χ0) is 7.11. The summed E-state index contributed by atoms with van der Waals surface area (Å²) >= 11 is 5.60. The van der Waals surface area contributed by atoms with Crippen LogP contribution < -0.4 is 0 Å². The first-order valence-corrected chi connectivity index (χ1v) is 3.03. The molecule has 9 heavy (non-hydrogen) atoms. The van der Waals surface area contributed by atoms with E-state index in [0.29, 0.717) is 12.8 Å². The first kappa shape index (κ1) is 8.34. The molecule has 47 valence electrons. The topological polar surface area (TPSA) is 23.8 Å². The van der Waals surface area contributed by atoms with Crippen molar-refractivity contribution in [2.24, 2.45) is 0 Å². The van der Waals surface area contributed by atoms with Crippen LogP contribution in [0.25, 0.3) is 0 Å². The molecule has 2 heteroatoms. The second-order valence-electron chi connectivity index (χ2n) is 1.49.